The number of carbonyl (C=O) groups is 1. The maximum atomic E-state index is 13.4. The zero-order valence-electron chi connectivity index (χ0n) is 15.7. The van der Waals surface area contributed by atoms with Gasteiger partial charge in [-0.3, -0.25) is 15.6 Å². The molecule has 0 bridgehead atoms. The van der Waals surface area contributed by atoms with E-state index in [0.29, 0.717) is 6.42 Å². The summed E-state index contributed by atoms with van der Waals surface area (Å²) in [4.78, 5) is 21.7. The fourth-order valence-electron chi connectivity index (χ4n) is 3.45. The quantitative estimate of drug-likeness (QED) is 0.520. The van der Waals surface area contributed by atoms with E-state index in [1.807, 2.05) is 6.92 Å². The maximum Gasteiger partial charge on any atom is 0.259 e. The monoisotopic (exact) mass is 398 g/mol. The molecular formula is C16H18N10O3. The van der Waals surface area contributed by atoms with E-state index in [0.717, 1.165) is 22.0 Å². The molecule has 0 saturated carbocycles. The molecule has 0 fully saturated rings. The number of nitrogens with zero attached hydrogens (tertiary/aromatic N) is 8. The van der Waals surface area contributed by atoms with E-state index in [9.17, 15) is 15.0 Å². The predicted octanol–water partition coefficient (Wildman–Crippen LogP) is 2.71. The Morgan fingerprint density at radius 3 is 2.41 bits per heavy atom. The molecule has 0 spiro atoms. The van der Waals surface area contributed by atoms with Crippen molar-refractivity contribution in [2.75, 3.05) is 0 Å². The third-order valence-corrected chi connectivity index (χ3v) is 5.05. The Morgan fingerprint density at radius 2 is 1.72 bits per heavy atom. The normalized spacial score (nSPS) is 16.3. The number of nitrogens with one attached hydrogen (secondary N) is 2. The second-order valence-electron chi connectivity index (χ2n) is 6.89. The molecule has 4 rings (SSSR count). The van der Waals surface area contributed by atoms with Gasteiger partial charge in [0.15, 0.2) is 5.78 Å². The molecule has 4 N–H and O–H groups in total. The van der Waals surface area contributed by atoms with Crippen molar-refractivity contribution in [1.29, 1.82) is 10.8 Å². The lowest BCUT2D eigenvalue weighted by Crippen LogP contribution is -2.38. The zero-order valence-corrected chi connectivity index (χ0v) is 15.7. The fourth-order valence-corrected chi connectivity index (χ4v) is 3.45. The number of ketones is 1. The number of azo groups is 2. The number of hydrogen-bond donors (Lipinski definition) is 4. The lowest BCUT2D eigenvalue weighted by molar-refractivity contribution is -0.123. The van der Waals surface area contributed by atoms with Gasteiger partial charge in [-0.2, -0.15) is 4.98 Å². The fraction of sp³-hybridized carbons (Fsp3) is 0.438. The summed E-state index contributed by atoms with van der Waals surface area (Å²) in [6.07, 6.45) is 2.52. The van der Waals surface area contributed by atoms with Crippen LogP contribution in [0, 0.1) is 10.8 Å². The minimum absolute atomic E-state index is 0.0444. The summed E-state index contributed by atoms with van der Waals surface area (Å²) in [5, 5.41) is 51.3. The molecule has 1 atom stereocenters. The van der Waals surface area contributed by atoms with Gasteiger partial charge in [-0.05, 0) is 13.3 Å². The van der Waals surface area contributed by atoms with Crippen LogP contribution in [0.5, 0.6) is 11.8 Å². The number of carbonyl (C=O) groups excluding carboxylic acids is 1. The van der Waals surface area contributed by atoms with E-state index in [4.69, 9.17) is 10.8 Å². The van der Waals surface area contributed by atoms with Crippen LogP contribution in [0.4, 0.5) is 11.8 Å². The van der Waals surface area contributed by atoms with Crippen LogP contribution >= 0.6 is 0 Å². The zero-order chi connectivity index (χ0) is 20.9. The molecule has 13 heteroatoms. The molecule has 0 aromatic carbocycles. The highest BCUT2D eigenvalue weighted by molar-refractivity contribution is 5.96. The summed E-state index contributed by atoms with van der Waals surface area (Å²) in [6.45, 7) is 3.51. The summed E-state index contributed by atoms with van der Waals surface area (Å²) >= 11 is 0. The Balaban J connectivity index is 1.92. The van der Waals surface area contributed by atoms with Crippen molar-refractivity contribution in [3.05, 3.63) is 11.5 Å². The van der Waals surface area contributed by atoms with Crippen molar-refractivity contribution in [1.82, 2.24) is 19.1 Å². The number of aromatic hydroxyl groups is 2. The summed E-state index contributed by atoms with van der Waals surface area (Å²) in [6, 6.07) is 0. The Morgan fingerprint density at radius 1 is 1.03 bits per heavy atom. The van der Waals surface area contributed by atoms with Crippen LogP contribution in [-0.2, 0) is 10.2 Å². The molecule has 2 aromatic rings. The molecule has 0 saturated heterocycles. The van der Waals surface area contributed by atoms with Crippen molar-refractivity contribution in [2.24, 2.45) is 20.5 Å². The molecule has 13 nitrogen and oxygen atoms in total. The first-order chi connectivity index (χ1) is 13.8. The van der Waals surface area contributed by atoms with E-state index in [2.05, 4.69) is 30.4 Å². The minimum Gasteiger partial charge on any atom is -0.493 e. The molecule has 1 unspecified atom stereocenters. The summed E-state index contributed by atoms with van der Waals surface area (Å²) in [5.74, 6) is -2.12. The lowest BCUT2D eigenvalue weighted by atomic mass is 9.79. The molecular weight excluding hydrogens is 380 g/mol. The van der Waals surface area contributed by atoms with Gasteiger partial charge in [-0.1, -0.05) is 19.8 Å². The molecule has 2 aromatic heterocycles. The van der Waals surface area contributed by atoms with Crippen LogP contribution in [0.1, 0.15) is 51.0 Å². The predicted molar refractivity (Wildman–Crippen MR) is 98.7 cm³/mol. The van der Waals surface area contributed by atoms with Gasteiger partial charge in [0.25, 0.3) is 17.8 Å². The van der Waals surface area contributed by atoms with Crippen molar-refractivity contribution < 1.29 is 15.0 Å². The van der Waals surface area contributed by atoms with E-state index < -0.39 is 17.2 Å². The van der Waals surface area contributed by atoms with Crippen molar-refractivity contribution in [3.63, 3.8) is 0 Å². The van der Waals surface area contributed by atoms with E-state index in [1.54, 1.807) is 0 Å². The van der Waals surface area contributed by atoms with Crippen LogP contribution in [0.25, 0.3) is 0 Å². The average Bonchev–Trinajstić information content (AvgIpc) is 3.41. The third kappa shape index (κ3) is 2.50. The molecule has 0 amide bonds. The van der Waals surface area contributed by atoms with Gasteiger partial charge in [-0.15, -0.1) is 20.5 Å². The van der Waals surface area contributed by atoms with Gasteiger partial charge >= 0.3 is 0 Å². The van der Waals surface area contributed by atoms with Crippen molar-refractivity contribution in [3.8, 4) is 11.8 Å². The van der Waals surface area contributed by atoms with Crippen LogP contribution in [0.15, 0.2) is 20.5 Å². The Labute approximate surface area is 163 Å². The topological polar surface area (TPSA) is 190 Å². The standard InChI is InChI=1S/C16H18N10O3/c1-3-4-5-6-7(27)16(2,8-11(29)26-14(18)23-24-15(26)19-8)12-20-10(28)9-21-22-13(17)25(9)12/h17-18,28-29H,3-6H2,1-2H3. The van der Waals surface area contributed by atoms with Crippen LogP contribution < -0.4 is 0 Å². The van der Waals surface area contributed by atoms with Gasteiger partial charge in [0.05, 0.1) is 0 Å². The van der Waals surface area contributed by atoms with Gasteiger partial charge in [-0.25, -0.2) is 14.1 Å². The molecule has 150 valence electrons. The molecule has 0 radical (unpaired) electrons. The number of hydrogen-bond acceptors (Lipinski definition) is 9. The van der Waals surface area contributed by atoms with Gasteiger partial charge in [0, 0.05) is 6.42 Å². The highest BCUT2D eigenvalue weighted by atomic mass is 16.3. The Kier molecular flexibility index (Phi) is 4.10. The summed E-state index contributed by atoms with van der Waals surface area (Å²) in [5.41, 5.74) is -1.74. The Bertz CT molecular complexity index is 1120. The largest absolute Gasteiger partial charge is 0.493 e. The molecule has 29 heavy (non-hydrogen) atoms. The van der Waals surface area contributed by atoms with Crippen LogP contribution in [-0.4, -0.2) is 47.0 Å². The first kappa shape index (κ1) is 18.6. The highest BCUT2D eigenvalue weighted by Gasteiger charge is 2.49. The first-order valence-electron chi connectivity index (χ1n) is 8.99. The van der Waals surface area contributed by atoms with Crippen molar-refractivity contribution in [2.45, 2.75) is 44.9 Å². The Hall–Kier alpha value is -3.77. The summed E-state index contributed by atoms with van der Waals surface area (Å²) in [7, 11) is 0. The smallest absolute Gasteiger partial charge is 0.259 e. The molecule has 0 aliphatic carbocycles. The third-order valence-electron chi connectivity index (χ3n) is 5.05. The number of rotatable bonds is 7. The average molecular weight is 398 g/mol. The number of unbranched alkanes of at least 4 members (excludes halogenated alkanes) is 2. The first-order valence-corrected chi connectivity index (χ1v) is 8.99. The molecule has 2 aliphatic rings. The maximum absolute atomic E-state index is 13.4. The SMILES string of the molecule is CCCCCC(=O)C(C)(c1nc2n(c1O)C(=N)N=N2)c1nc(O)c2n1C(=N)N=N2. The van der Waals surface area contributed by atoms with E-state index in [-0.39, 0.29) is 47.4 Å². The van der Waals surface area contributed by atoms with Crippen LogP contribution in [0.2, 0.25) is 0 Å². The van der Waals surface area contributed by atoms with Gasteiger partial charge in [0.1, 0.15) is 16.9 Å². The van der Waals surface area contributed by atoms with Gasteiger partial charge < -0.3 is 10.2 Å². The summed E-state index contributed by atoms with van der Waals surface area (Å²) < 4.78 is 2.14. The highest BCUT2D eigenvalue weighted by Crippen LogP contribution is 2.45. The van der Waals surface area contributed by atoms with Gasteiger partial charge in [0.2, 0.25) is 17.7 Å². The van der Waals surface area contributed by atoms with Crippen LogP contribution in [0.3, 0.4) is 0 Å². The number of imidazole rings is 2. The number of aromatic nitrogens is 4. The van der Waals surface area contributed by atoms with E-state index in [1.165, 1.54) is 6.92 Å². The van der Waals surface area contributed by atoms with Crippen molar-refractivity contribution >= 4 is 29.5 Å². The second-order valence-corrected chi connectivity index (χ2v) is 6.89. The number of fused-ring (bicyclic) bond motifs is 2. The minimum atomic E-state index is -1.65. The second kappa shape index (κ2) is 6.39. The lowest BCUT2D eigenvalue weighted by Gasteiger charge is -2.26. The number of Topliss-reactive ketones (excluding diaryl/α,β-unsaturated/α-hetero) is 1. The van der Waals surface area contributed by atoms with E-state index >= 15 is 0 Å². The molecule has 4 heterocycles. The molecule has 2 aliphatic heterocycles.